The van der Waals surface area contributed by atoms with Gasteiger partial charge in [0.05, 0.1) is 0 Å². The Morgan fingerprint density at radius 2 is 0.885 bits per heavy atom. The highest BCUT2D eigenvalue weighted by molar-refractivity contribution is 6.74. The van der Waals surface area contributed by atoms with Crippen molar-refractivity contribution in [2.75, 3.05) is 19.6 Å². The molecule has 5 heterocycles. The van der Waals surface area contributed by atoms with E-state index in [4.69, 9.17) is 31.3 Å². The Morgan fingerprint density at radius 1 is 0.517 bits per heavy atom. The molecule has 0 unspecified atom stereocenters. The maximum absolute atomic E-state index is 12.3. The topological polar surface area (TPSA) is 340 Å². The van der Waals surface area contributed by atoms with Crippen LogP contribution in [0.5, 0.6) is 0 Å². The van der Waals surface area contributed by atoms with Crippen molar-refractivity contribution in [1.29, 1.82) is 0 Å². The van der Waals surface area contributed by atoms with Gasteiger partial charge >= 0.3 is 0 Å². The summed E-state index contributed by atoms with van der Waals surface area (Å²) in [5, 5.41) is 44.5. The lowest BCUT2D eigenvalue weighted by molar-refractivity contribution is -0.133. The number of benzene rings is 3. The van der Waals surface area contributed by atoms with Gasteiger partial charge in [0.15, 0.2) is 51.0 Å². The lowest BCUT2D eigenvalue weighted by atomic mass is 10.1. The average Bonchev–Trinajstić information content (AvgIpc) is 3.68. The number of aliphatic hydroxyl groups excluding tert-OH is 1. The summed E-state index contributed by atoms with van der Waals surface area (Å²) in [6.45, 7) is 27.1. The van der Waals surface area contributed by atoms with Crippen LogP contribution < -0.4 is 26.8 Å². The van der Waals surface area contributed by atoms with Crippen LogP contribution in [0.15, 0.2) is 132 Å². The molecule has 8 aromatic rings. The SMILES string of the molecule is C[C@@H](O)c1nnc(CCNC(=O)c2cc(-c3ccccc3)on2)o1.C[C@@H](O[Si](C)(C)C(C)(C)C)C(=O)NNC(=O)CCNC(=O)c1cc(-c2ccccc2)on1.C[C@@H](O[Si](C)(C)C(C)(C)C)c1nnc(CCNC(=O)c2cc(-c3ccccc3)on2)o1. The Labute approximate surface area is 506 Å². The van der Waals surface area contributed by atoms with E-state index in [1.54, 1.807) is 19.1 Å². The van der Waals surface area contributed by atoms with Crippen molar-refractivity contribution >= 4 is 46.2 Å². The van der Waals surface area contributed by atoms with Gasteiger partial charge in [0.1, 0.15) is 18.3 Å². The molecule has 6 N–H and O–H groups in total. The van der Waals surface area contributed by atoms with Crippen molar-refractivity contribution in [3.8, 4) is 34.0 Å². The van der Waals surface area contributed by atoms with Crippen LogP contribution in [0.4, 0.5) is 0 Å². The normalized spacial score (nSPS) is 12.7. The van der Waals surface area contributed by atoms with E-state index in [1.165, 1.54) is 13.0 Å². The minimum absolute atomic E-state index is 0.0209. The predicted molar refractivity (Wildman–Crippen MR) is 325 cm³/mol. The number of nitrogens with one attached hydrogen (secondary N) is 5. The van der Waals surface area contributed by atoms with Crippen molar-refractivity contribution in [2.24, 2.45) is 0 Å². The van der Waals surface area contributed by atoms with Gasteiger partial charge in [-0.1, -0.05) is 148 Å². The zero-order valence-electron chi connectivity index (χ0n) is 51.3. The summed E-state index contributed by atoms with van der Waals surface area (Å²) >= 11 is 0. The zero-order chi connectivity index (χ0) is 63.5. The molecule has 0 saturated carbocycles. The van der Waals surface area contributed by atoms with E-state index in [-0.39, 0.29) is 63.9 Å². The molecule has 8 rings (SSSR count). The summed E-state index contributed by atoms with van der Waals surface area (Å²) in [5.74, 6) is 0.956. The van der Waals surface area contributed by atoms with Crippen molar-refractivity contribution < 1.29 is 60.3 Å². The number of amides is 5. The minimum atomic E-state index is -2.11. The molecule has 5 amide bonds. The maximum Gasteiger partial charge on any atom is 0.273 e. The Hall–Kier alpha value is -8.77. The molecule has 0 fully saturated rings. The first-order chi connectivity index (χ1) is 41.1. The summed E-state index contributed by atoms with van der Waals surface area (Å²) in [5.41, 5.74) is 7.76. The quantitative estimate of drug-likeness (QED) is 0.0271. The fraction of sp³-hybridized carbons (Fsp3) is 0.400. The van der Waals surface area contributed by atoms with E-state index in [1.807, 2.05) is 97.9 Å². The number of hydrogen-bond acceptors (Lipinski definition) is 20. The molecule has 0 saturated heterocycles. The molecular formula is C60H78N12O13Si2. The van der Waals surface area contributed by atoms with Crippen LogP contribution in [-0.4, -0.2) is 113 Å². The molecule has 5 aromatic heterocycles. The molecule has 3 aromatic carbocycles. The second-order valence-electron chi connectivity index (χ2n) is 23.2. The number of hydrogen-bond donors (Lipinski definition) is 6. The predicted octanol–water partition coefficient (Wildman–Crippen LogP) is 9.55. The van der Waals surface area contributed by atoms with Crippen molar-refractivity contribution in [3.05, 3.63) is 150 Å². The summed E-state index contributed by atoms with van der Waals surface area (Å²) in [7, 11) is -4.05. The van der Waals surface area contributed by atoms with Gasteiger partial charge in [0, 0.05) is 73.8 Å². The first kappa shape index (κ1) is 67.4. The molecule has 0 bridgehead atoms. The molecule has 27 heteroatoms. The van der Waals surface area contributed by atoms with Crippen LogP contribution in [0.3, 0.4) is 0 Å². The van der Waals surface area contributed by atoms with Gasteiger partial charge in [-0.25, -0.2) is 0 Å². The molecular weight excluding hydrogens is 1150 g/mol. The van der Waals surface area contributed by atoms with Gasteiger partial charge in [0.2, 0.25) is 29.5 Å². The standard InChI is InChI=1S/C22H32N4O5Si.C22H30N4O4Si.C16H16N4O4/c1-15(31-32(5,6)22(2,3)4)20(28)25-24-19(27)12-13-23-21(29)17-14-18(30-26-17)16-10-8-7-9-11-16;1-15(30-31(5,6)22(2,3)4)21-25-24-19(28-21)12-13-23-20(27)17-14-18(29-26-17)16-10-8-7-9-11-16;1-10(21)16-19-18-14(23-16)7-8-17-15(22)12-9-13(24-20-12)11-5-3-2-4-6-11/h7-11,14-15H,12-13H2,1-6H3,(H,23,29)(H,24,27)(H,25,28);7-11,14-15H,12-13H2,1-6H3,(H,23,27);2-6,9-10,21H,7-8H2,1H3,(H,17,22)/t2*15-;10-/m111/s1. The molecule has 3 atom stereocenters. The first-order valence-electron chi connectivity index (χ1n) is 28.3. The van der Waals surface area contributed by atoms with Gasteiger partial charge in [-0.15, -0.1) is 20.4 Å². The monoisotopic (exact) mass is 1230 g/mol. The number of carbonyl (C=O) groups excluding carboxylic acids is 5. The zero-order valence-corrected chi connectivity index (χ0v) is 53.3. The van der Waals surface area contributed by atoms with Crippen LogP contribution in [-0.2, 0) is 31.3 Å². The first-order valence-corrected chi connectivity index (χ1v) is 34.1. The molecule has 0 aliphatic heterocycles. The number of rotatable bonds is 22. The largest absolute Gasteiger partial charge is 0.422 e. The molecule has 0 spiro atoms. The van der Waals surface area contributed by atoms with Gasteiger partial charge in [-0.05, 0) is 57.0 Å². The maximum atomic E-state index is 12.3. The van der Waals surface area contributed by atoms with E-state index in [2.05, 4.69) is 130 Å². The molecule has 87 heavy (non-hydrogen) atoms. The van der Waals surface area contributed by atoms with Gasteiger partial charge in [0.25, 0.3) is 23.6 Å². The highest BCUT2D eigenvalue weighted by Gasteiger charge is 2.41. The van der Waals surface area contributed by atoms with Crippen LogP contribution >= 0.6 is 0 Å². The molecule has 0 aliphatic rings. The summed E-state index contributed by atoms with van der Waals surface area (Å²) in [6, 6.07) is 32.9. The number of hydrazine groups is 1. The fourth-order valence-corrected chi connectivity index (χ4v) is 9.88. The summed E-state index contributed by atoms with van der Waals surface area (Å²) in [6.07, 6.45) is -1.03. The fourth-order valence-electron chi connectivity index (χ4n) is 7.19. The van der Waals surface area contributed by atoms with Crippen LogP contribution in [0, 0.1) is 0 Å². The van der Waals surface area contributed by atoms with Crippen molar-refractivity contribution in [1.82, 2.24) is 62.7 Å². The molecule has 0 aliphatic carbocycles. The molecule has 25 nitrogen and oxygen atoms in total. The highest BCUT2D eigenvalue weighted by Crippen LogP contribution is 2.40. The number of aliphatic hydroxyl groups is 1. The third kappa shape index (κ3) is 20.2. The van der Waals surface area contributed by atoms with Gasteiger partial charge < -0.3 is 52.3 Å². The van der Waals surface area contributed by atoms with E-state index >= 15 is 0 Å². The smallest absolute Gasteiger partial charge is 0.273 e. The van der Waals surface area contributed by atoms with E-state index in [0.29, 0.717) is 60.9 Å². The van der Waals surface area contributed by atoms with E-state index < -0.39 is 46.6 Å². The van der Waals surface area contributed by atoms with Crippen molar-refractivity contribution in [2.45, 2.75) is 136 Å². The van der Waals surface area contributed by atoms with E-state index in [0.717, 1.165) is 16.7 Å². The Morgan fingerprint density at radius 3 is 1.26 bits per heavy atom. The number of carbonyl (C=O) groups is 5. The second-order valence-corrected chi connectivity index (χ2v) is 32.7. The Bertz CT molecular complexity index is 3480. The van der Waals surface area contributed by atoms with Crippen molar-refractivity contribution in [3.63, 3.8) is 0 Å². The molecule has 0 radical (unpaired) electrons. The van der Waals surface area contributed by atoms with Gasteiger partial charge in [-0.2, -0.15) is 0 Å². The summed E-state index contributed by atoms with van der Waals surface area (Å²) in [4.78, 5) is 60.8. The average molecular weight is 1230 g/mol. The second kappa shape index (κ2) is 30.5. The van der Waals surface area contributed by atoms with Crippen LogP contribution in [0.2, 0.25) is 36.3 Å². The lowest BCUT2D eigenvalue weighted by Gasteiger charge is -2.37. The third-order valence-corrected chi connectivity index (χ3v) is 23.3. The number of aromatic nitrogens is 7. The minimum Gasteiger partial charge on any atom is -0.422 e. The van der Waals surface area contributed by atoms with Crippen LogP contribution in [0.25, 0.3) is 34.0 Å². The van der Waals surface area contributed by atoms with Crippen LogP contribution in [0.1, 0.15) is 136 Å². The highest BCUT2D eigenvalue weighted by atomic mass is 28.4. The van der Waals surface area contributed by atoms with E-state index in [9.17, 15) is 29.1 Å². The molecule has 464 valence electrons. The summed E-state index contributed by atoms with van der Waals surface area (Å²) < 4.78 is 38.9. The number of nitrogens with zero attached hydrogens (tertiary/aromatic N) is 7. The third-order valence-electron chi connectivity index (χ3n) is 14.2. The van der Waals surface area contributed by atoms with Gasteiger partial charge in [-0.3, -0.25) is 34.8 Å². The lowest BCUT2D eigenvalue weighted by Crippen LogP contribution is -2.51. The Kier molecular flexibility index (Phi) is 23.6. The Balaban J connectivity index is 0.000000211.